The SMILES string of the molecule is O=C(N=S(=O)=O)N(c1ccccc1)c1cccs1. The Balaban J connectivity index is 2.49. The topological polar surface area (TPSA) is 66.8 Å². The number of hydrogen-bond donors (Lipinski definition) is 0. The fourth-order valence-electron chi connectivity index (χ4n) is 1.41. The Morgan fingerprint density at radius 2 is 1.83 bits per heavy atom. The van der Waals surface area contributed by atoms with Gasteiger partial charge in [-0.05, 0) is 29.6 Å². The van der Waals surface area contributed by atoms with E-state index in [0.717, 1.165) is 0 Å². The van der Waals surface area contributed by atoms with Crippen molar-refractivity contribution in [2.75, 3.05) is 4.90 Å². The second-order valence-corrected chi connectivity index (χ2v) is 4.76. The number of hydrogen-bond acceptors (Lipinski definition) is 4. The van der Waals surface area contributed by atoms with Gasteiger partial charge in [-0.2, -0.15) is 8.42 Å². The van der Waals surface area contributed by atoms with Crippen molar-refractivity contribution in [2.45, 2.75) is 0 Å². The molecular formula is C11H8N2O3S2. The van der Waals surface area contributed by atoms with E-state index in [-0.39, 0.29) is 0 Å². The summed E-state index contributed by atoms with van der Waals surface area (Å²) in [5.74, 6) is 0. The van der Waals surface area contributed by atoms with Crippen LogP contribution in [-0.2, 0) is 10.5 Å². The van der Waals surface area contributed by atoms with Crippen molar-refractivity contribution < 1.29 is 13.2 Å². The maximum Gasteiger partial charge on any atom is 0.368 e. The second kappa shape index (κ2) is 5.56. The minimum atomic E-state index is -2.76. The number of amides is 2. The van der Waals surface area contributed by atoms with Gasteiger partial charge < -0.3 is 0 Å². The summed E-state index contributed by atoms with van der Waals surface area (Å²) in [6, 6.07) is 11.4. The molecule has 2 amide bonds. The molecule has 0 aliphatic rings. The van der Waals surface area contributed by atoms with Gasteiger partial charge in [-0.15, -0.1) is 11.3 Å². The maximum atomic E-state index is 11.8. The molecule has 0 atom stereocenters. The van der Waals surface area contributed by atoms with E-state index >= 15 is 0 Å². The number of thiophene rings is 1. The number of carbonyl (C=O) groups excluding carboxylic acids is 1. The van der Waals surface area contributed by atoms with Crippen LogP contribution >= 0.6 is 11.3 Å². The van der Waals surface area contributed by atoms with Crippen molar-refractivity contribution in [3.8, 4) is 0 Å². The molecule has 0 saturated carbocycles. The molecule has 1 heterocycles. The van der Waals surface area contributed by atoms with Gasteiger partial charge in [-0.25, -0.2) is 4.79 Å². The molecule has 1 aromatic heterocycles. The molecule has 2 rings (SSSR count). The summed E-state index contributed by atoms with van der Waals surface area (Å²) in [7, 11) is -2.76. The molecule has 7 heteroatoms. The Morgan fingerprint density at radius 3 is 2.39 bits per heavy atom. The summed E-state index contributed by atoms with van der Waals surface area (Å²) in [6.45, 7) is 0. The highest BCUT2D eigenvalue weighted by molar-refractivity contribution is 7.62. The second-order valence-electron chi connectivity index (χ2n) is 3.21. The summed E-state index contributed by atoms with van der Waals surface area (Å²) in [6.07, 6.45) is 0. The predicted octanol–water partition coefficient (Wildman–Crippen LogP) is 3.07. The van der Waals surface area contributed by atoms with Gasteiger partial charge in [0.25, 0.3) is 0 Å². The summed E-state index contributed by atoms with van der Waals surface area (Å²) >= 11 is 1.33. The lowest BCUT2D eigenvalue weighted by atomic mass is 10.3. The Bertz CT molecular complexity index is 656. The molecule has 0 aliphatic heterocycles. The van der Waals surface area contributed by atoms with Crippen LogP contribution in [0.2, 0.25) is 0 Å². The number of anilines is 2. The van der Waals surface area contributed by atoms with Gasteiger partial charge in [0.05, 0.1) is 5.69 Å². The first kappa shape index (κ1) is 12.5. The Kier molecular flexibility index (Phi) is 3.85. The Morgan fingerprint density at radius 1 is 1.11 bits per heavy atom. The zero-order chi connectivity index (χ0) is 13.0. The normalized spacial score (nSPS) is 9.78. The van der Waals surface area contributed by atoms with E-state index in [1.54, 1.807) is 41.8 Å². The van der Waals surface area contributed by atoms with Crippen LogP contribution in [0, 0.1) is 0 Å². The van der Waals surface area contributed by atoms with E-state index < -0.39 is 16.5 Å². The van der Waals surface area contributed by atoms with Crippen molar-refractivity contribution in [1.82, 2.24) is 0 Å². The van der Waals surface area contributed by atoms with E-state index in [9.17, 15) is 13.2 Å². The highest BCUT2D eigenvalue weighted by Crippen LogP contribution is 2.30. The first-order valence-corrected chi connectivity index (χ1v) is 6.83. The van der Waals surface area contributed by atoms with Gasteiger partial charge in [-0.3, -0.25) is 4.90 Å². The fourth-order valence-corrected chi connectivity index (χ4v) is 2.36. The molecule has 0 saturated heterocycles. The van der Waals surface area contributed by atoms with E-state index in [1.807, 2.05) is 6.07 Å². The lowest BCUT2D eigenvalue weighted by molar-refractivity contribution is 0.256. The molecule has 0 aliphatic carbocycles. The molecule has 0 fully saturated rings. The average molecular weight is 280 g/mol. The lowest BCUT2D eigenvalue weighted by Crippen LogP contribution is -2.21. The number of urea groups is 1. The summed E-state index contributed by atoms with van der Waals surface area (Å²) in [4.78, 5) is 13.1. The predicted molar refractivity (Wildman–Crippen MR) is 69.6 cm³/mol. The molecule has 2 aromatic rings. The van der Waals surface area contributed by atoms with Crippen LogP contribution in [0.4, 0.5) is 15.5 Å². The van der Waals surface area contributed by atoms with Crippen LogP contribution in [-0.4, -0.2) is 14.4 Å². The third kappa shape index (κ3) is 2.82. The van der Waals surface area contributed by atoms with Gasteiger partial charge in [0.2, 0.25) is 0 Å². The van der Waals surface area contributed by atoms with Crippen LogP contribution in [0.15, 0.2) is 52.2 Å². The smallest absolute Gasteiger partial charge is 0.251 e. The molecule has 92 valence electrons. The van der Waals surface area contributed by atoms with Gasteiger partial charge in [0, 0.05) is 0 Å². The van der Waals surface area contributed by atoms with Crippen molar-refractivity contribution >= 4 is 38.6 Å². The average Bonchev–Trinajstić information content (AvgIpc) is 2.83. The molecule has 0 N–H and O–H groups in total. The minimum absolute atomic E-state index is 0.569. The first-order valence-electron chi connectivity index (χ1n) is 4.92. The Hall–Kier alpha value is -1.99. The van der Waals surface area contributed by atoms with Gasteiger partial charge >= 0.3 is 16.5 Å². The number of carbonyl (C=O) groups is 1. The van der Waals surface area contributed by atoms with Crippen molar-refractivity contribution in [2.24, 2.45) is 4.36 Å². The highest BCUT2D eigenvalue weighted by Gasteiger charge is 2.18. The molecule has 0 bridgehead atoms. The highest BCUT2D eigenvalue weighted by atomic mass is 32.2. The van der Waals surface area contributed by atoms with Gasteiger partial charge in [0.15, 0.2) is 0 Å². The fraction of sp³-hybridized carbons (Fsp3) is 0. The molecule has 5 nitrogen and oxygen atoms in total. The molecule has 0 radical (unpaired) electrons. The molecule has 1 aromatic carbocycles. The summed E-state index contributed by atoms with van der Waals surface area (Å²) < 4.78 is 24.0. The van der Waals surface area contributed by atoms with E-state index in [2.05, 4.69) is 4.36 Å². The molecule has 0 spiro atoms. The van der Waals surface area contributed by atoms with Gasteiger partial charge in [0.1, 0.15) is 5.00 Å². The zero-order valence-electron chi connectivity index (χ0n) is 9.05. The maximum absolute atomic E-state index is 11.8. The quantitative estimate of drug-likeness (QED) is 0.849. The van der Waals surface area contributed by atoms with Gasteiger partial charge in [-0.1, -0.05) is 22.6 Å². The van der Waals surface area contributed by atoms with Crippen LogP contribution in [0.5, 0.6) is 0 Å². The minimum Gasteiger partial charge on any atom is -0.251 e. The number of benzene rings is 1. The molecular weight excluding hydrogens is 272 g/mol. The van der Waals surface area contributed by atoms with Crippen LogP contribution in [0.25, 0.3) is 0 Å². The zero-order valence-corrected chi connectivity index (χ0v) is 10.7. The summed E-state index contributed by atoms with van der Waals surface area (Å²) in [5.41, 5.74) is 0.569. The Labute approximate surface area is 109 Å². The first-order chi connectivity index (χ1) is 8.68. The van der Waals surface area contributed by atoms with Crippen molar-refractivity contribution in [1.29, 1.82) is 0 Å². The third-order valence-corrected chi connectivity index (χ3v) is 3.24. The largest absolute Gasteiger partial charge is 0.368 e. The standard InChI is InChI=1S/C11H8N2O3S2/c14-11(12-18(15)16)13(10-7-4-8-17-10)9-5-2-1-3-6-9/h1-8H. The van der Waals surface area contributed by atoms with Crippen LogP contribution in [0.1, 0.15) is 0 Å². The summed E-state index contributed by atoms with van der Waals surface area (Å²) in [5, 5.41) is 2.41. The van der Waals surface area contributed by atoms with E-state index in [1.165, 1.54) is 16.2 Å². The third-order valence-electron chi connectivity index (χ3n) is 2.08. The van der Waals surface area contributed by atoms with Crippen molar-refractivity contribution in [3.63, 3.8) is 0 Å². The monoisotopic (exact) mass is 280 g/mol. The lowest BCUT2D eigenvalue weighted by Gasteiger charge is -2.17. The molecule has 0 unspecified atom stereocenters. The van der Waals surface area contributed by atoms with Crippen molar-refractivity contribution in [3.05, 3.63) is 47.8 Å². The van der Waals surface area contributed by atoms with Crippen LogP contribution < -0.4 is 4.90 Å². The number of para-hydroxylation sites is 1. The van der Waals surface area contributed by atoms with E-state index in [4.69, 9.17) is 0 Å². The number of nitrogens with zero attached hydrogens (tertiary/aromatic N) is 2. The van der Waals surface area contributed by atoms with Crippen LogP contribution in [0.3, 0.4) is 0 Å². The number of rotatable bonds is 2. The molecule has 18 heavy (non-hydrogen) atoms. The van der Waals surface area contributed by atoms with E-state index in [0.29, 0.717) is 10.7 Å².